The van der Waals surface area contributed by atoms with Crippen LogP contribution in [0.25, 0.3) is 0 Å². The number of halogens is 3. The second-order valence-corrected chi connectivity index (χ2v) is 2.97. The van der Waals surface area contributed by atoms with Gasteiger partial charge >= 0.3 is 0 Å². The molecule has 14 heavy (non-hydrogen) atoms. The third-order valence-corrected chi connectivity index (χ3v) is 1.82. The molecule has 0 aliphatic rings. The third kappa shape index (κ3) is 2.55. The standard InChI is InChI=1S/C9H11F3N2/c1-14(5-9(11)12)8-4-6(10)2-3-7(8)13/h2-4,9H,5,13H2,1H3. The van der Waals surface area contributed by atoms with E-state index in [-0.39, 0.29) is 11.4 Å². The Labute approximate surface area is 80.1 Å². The average Bonchev–Trinajstić information content (AvgIpc) is 2.08. The normalized spacial score (nSPS) is 10.6. The summed E-state index contributed by atoms with van der Waals surface area (Å²) in [6.07, 6.45) is -2.47. The van der Waals surface area contributed by atoms with Gasteiger partial charge in [-0.3, -0.25) is 0 Å². The third-order valence-electron chi connectivity index (χ3n) is 1.82. The lowest BCUT2D eigenvalue weighted by molar-refractivity contribution is 0.156. The molecule has 0 fully saturated rings. The van der Waals surface area contributed by atoms with Gasteiger partial charge in [0.2, 0.25) is 0 Å². The van der Waals surface area contributed by atoms with E-state index >= 15 is 0 Å². The predicted molar refractivity (Wildman–Crippen MR) is 50.1 cm³/mol. The highest BCUT2D eigenvalue weighted by Gasteiger charge is 2.11. The number of nitrogen functional groups attached to an aromatic ring is 1. The summed E-state index contributed by atoms with van der Waals surface area (Å²) in [7, 11) is 1.44. The molecule has 2 N–H and O–H groups in total. The molecular formula is C9H11F3N2. The molecule has 78 valence electrons. The summed E-state index contributed by atoms with van der Waals surface area (Å²) >= 11 is 0. The monoisotopic (exact) mass is 204 g/mol. The zero-order chi connectivity index (χ0) is 10.7. The van der Waals surface area contributed by atoms with Crippen molar-refractivity contribution in [2.75, 3.05) is 24.2 Å². The van der Waals surface area contributed by atoms with E-state index in [1.54, 1.807) is 0 Å². The molecular weight excluding hydrogens is 193 g/mol. The molecule has 0 aromatic heterocycles. The molecule has 2 nitrogen and oxygen atoms in total. The van der Waals surface area contributed by atoms with Gasteiger partial charge < -0.3 is 10.6 Å². The Bertz CT molecular complexity index is 315. The number of hydrogen-bond acceptors (Lipinski definition) is 2. The molecule has 0 spiro atoms. The van der Waals surface area contributed by atoms with Gasteiger partial charge in [-0.1, -0.05) is 0 Å². The molecule has 1 rings (SSSR count). The molecule has 1 aromatic rings. The zero-order valence-electron chi connectivity index (χ0n) is 7.67. The van der Waals surface area contributed by atoms with Gasteiger partial charge in [0.25, 0.3) is 6.43 Å². The Kier molecular flexibility index (Phi) is 3.22. The van der Waals surface area contributed by atoms with Gasteiger partial charge in [-0.05, 0) is 18.2 Å². The Morgan fingerprint density at radius 2 is 2.07 bits per heavy atom. The molecule has 0 saturated carbocycles. The van der Waals surface area contributed by atoms with Crippen LogP contribution in [-0.4, -0.2) is 20.0 Å². The Balaban J connectivity index is 2.88. The number of nitrogens with zero attached hydrogens (tertiary/aromatic N) is 1. The lowest BCUT2D eigenvalue weighted by Gasteiger charge is -2.20. The van der Waals surface area contributed by atoms with Crippen LogP contribution in [-0.2, 0) is 0 Å². The summed E-state index contributed by atoms with van der Waals surface area (Å²) in [4.78, 5) is 1.23. The molecule has 0 unspecified atom stereocenters. The van der Waals surface area contributed by atoms with Crippen molar-refractivity contribution in [3.05, 3.63) is 24.0 Å². The number of hydrogen-bond donors (Lipinski definition) is 1. The number of nitrogens with two attached hydrogens (primary N) is 1. The van der Waals surface area contributed by atoms with Crippen LogP contribution in [0.4, 0.5) is 24.5 Å². The van der Waals surface area contributed by atoms with E-state index in [1.165, 1.54) is 24.1 Å². The van der Waals surface area contributed by atoms with Crippen LogP contribution in [0.15, 0.2) is 18.2 Å². The molecule has 0 aliphatic carbocycles. The predicted octanol–water partition coefficient (Wildman–Crippen LogP) is 2.11. The Morgan fingerprint density at radius 1 is 1.43 bits per heavy atom. The molecule has 1 aromatic carbocycles. The fraction of sp³-hybridized carbons (Fsp3) is 0.333. The molecule has 0 bridgehead atoms. The average molecular weight is 204 g/mol. The topological polar surface area (TPSA) is 29.3 Å². The van der Waals surface area contributed by atoms with Crippen molar-refractivity contribution >= 4 is 11.4 Å². The summed E-state index contributed by atoms with van der Waals surface area (Å²) in [6.45, 7) is -0.465. The molecule has 0 heterocycles. The molecule has 0 radical (unpaired) electrons. The van der Waals surface area contributed by atoms with Gasteiger partial charge in [-0.15, -0.1) is 0 Å². The highest BCUT2D eigenvalue weighted by Crippen LogP contribution is 2.23. The van der Waals surface area contributed by atoms with Crippen LogP contribution in [0.5, 0.6) is 0 Å². The number of alkyl halides is 2. The summed E-state index contributed by atoms with van der Waals surface area (Å²) in [6, 6.07) is 3.68. The minimum atomic E-state index is -2.47. The van der Waals surface area contributed by atoms with Crippen LogP contribution >= 0.6 is 0 Å². The quantitative estimate of drug-likeness (QED) is 0.764. The van der Waals surface area contributed by atoms with Crippen LogP contribution in [0.2, 0.25) is 0 Å². The van der Waals surface area contributed by atoms with E-state index in [1.807, 2.05) is 0 Å². The second kappa shape index (κ2) is 4.21. The number of benzene rings is 1. The first-order valence-electron chi connectivity index (χ1n) is 4.05. The second-order valence-electron chi connectivity index (χ2n) is 2.97. The van der Waals surface area contributed by atoms with Gasteiger partial charge in [0.1, 0.15) is 5.82 Å². The lowest BCUT2D eigenvalue weighted by Crippen LogP contribution is -2.24. The van der Waals surface area contributed by atoms with Gasteiger partial charge in [0.05, 0.1) is 17.9 Å². The lowest BCUT2D eigenvalue weighted by atomic mass is 10.2. The van der Waals surface area contributed by atoms with E-state index in [0.717, 1.165) is 6.07 Å². The summed E-state index contributed by atoms with van der Waals surface area (Å²) in [5.41, 5.74) is 6.08. The van der Waals surface area contributed by atoms with Crippen molar-refractivity contribution in [2.24, 2.45) is 0 Å². The molecule has 0 amide bonds. The first-order valence-corrected chi connectivity index (χ1v) is 4.05. The van der Waals surface area contributed by atoms with Crippen LogP contribution in [0, 0.1) is 5.82 Å². The van der Waals surface area contributed by atoms with Crippen molar-refractivity contribution < 1.29 is 13.2 Å². The van der Waals surface area contributed by atoms with Gasteiger partial charge in [0, 0.05) is 7.05 Å². The van der Waals surface area contributed by atoms with Gasteiger partial charge in [-0.2, -0.15) is 0 Å². The molecule has 5 heteroatoms. The summed E-state index contributed by atoms with van der Waals surface area (Å²) in [5, 5.41) is 0. The minimum absolute atomic E-state index is 0.283. The first kappa shape index (κ1) is 10.7. The number of rotatable bonds is 3. The SMILES string of the molecule is CN(CC(F)F)c1cc(F)ccc1N. The molecule has 0 saturated heterocycles. The van der Waals surface area contributed by atoms with E-state index < -0.39 is 18.8 Å². The maximum Gasteiger partial charge on any atom is 0.255 e. The number of anilines is 2. The van der Waals surface area contributed by atoms with Crippen LogP contribution < -0.4 is 10.6 Å². The fourth-order valence-electron chi connectivity index (χ4n) is 1.15. The largest absolute Gasteiger partial charge is 0.397 e. The van der Waals surface area contributed by atoms with Crippen molar-refractivity contribution in [2.45, 2.75) is 6.43 Å². The van der Waals surface area contributed by atoms with Crippen LogP contribution in [0.3, 0.4) is 0 Å². The van der Waals surface area contributed by atoms with Crippen molar-refractivity contribution in [1.29, 1.82) is 0 Å². The van der Waals surface area contributed by atoms with E-state index in [9.17, 15) is 13.2 Å². The van der Waals surface area contributed by atoms with Crippen molar-refractivity contribution in [1.82, 2.24) is 0 Å². The van der Waals surface area contributed by atoms with Gasteiger partial charge in [-0.25, -0.2) is 13.2 Å². The molecule has 0 aliphatic heterocycles. The fourth-order valence-corrected chi connectivity index (χ4v) is 1.15. The van der Waals surface area contributed by atoms with Gasteiger partial charge in [0.15, 0.2) is 0 Å². The highest BCUT2D eigenvalue weighted by molar-refractivity contribution is 5.67. The van der Waals surface area contributed by atoms with Crippen molar-refractivity contribution in [3.8, 4) is 0 Å². The minimum Gasteiger partial charge on any atom is -0.397 e. The maximum absolute atomic E-state index is 12.8. The highest BCUT2D eigenvalue weighted by atomic mass is 19.3. The smallest absolute Gasteiger partial charge is 0.255 e. The van der Waals surface area contributed by atoms with Crippen molar-refractivity contribution in [3.63, 3.8) is 0 Å². The Hall–Kier alpha value is -1.39. The maximum atomic E-state index is 12.8. The van der Waals surface area contributed by atoms with E-state index in [2.05, 4.69) is 0 Å². The van der Waals surface area contributed by atoms with E-state index in [4.69, 9.17) is 5.73 Å². The molecule has 0 atom stereocenters. The zero-order valence-corrected chi connectivity index (χ0v) is 7.67. The summed E-state index contributed by atoms with van der Waals surface area (Å²) in [5.74, 6) is -0.490. The van der Waals surface area contributed by atoms with Crippen LogP contribution in [0.1, 0.15) is 0 Å². The van der Waals surface area contributed by atoms with E-state index in [0.29, 0.717) is 0 Å². The first-order chi connectivity index (χ1) is 6.50. The Morgan fingerprint density at radius 3 is 2.64 bits per heavy atom. The summed E-state index contributed by atoms with van der Waals surface area (Å²) < 4.78 is 36.8.